The van der Waals surface area contributed by atoms with Crippen molar-refractivity contribution < 1.29 is 13.9 Å². The Hall–Kier alpha value is -0.970. The van der Waals surface area contributed by atoms with Gasteiger partial charge >= 0.3 is 0 Å². The highest BCUT2D eigenvalue weighted by Crippen LogP contribution is 2.16. The van der Waals surface area contributed by atoms with Crippen LogP contribution in [-0.2, 0) is 22.6 Å². The van der Waals surface area contributed by atoms with Gasteiger partial charge in [-0.2, -0.15) is 0 Å². The zero-order valence-electron chi connectivity index (χ0n) is 18.8. The maximum atomic E-state index is 14.0. The first kappa shape index (κ1) is 27.1. The summed E-state index contributed by atoms with van der Waals surface area (Å²) in [4.78, 5) is 9.07. The summed E-state index contributed by atoms with van der Waals surface area (Å²) in [6.07, 6.45) is 3.26. The minimum absolute atomic E-state index is 0. The van der Waals surface area contributed by atoms with Gasteiger partial charge in [0.2, 0.25) is 0 Å². The molecule has 1 N–H and O–H groups in total. The molecule has 0 spiro atoms. The smallest absolute Gasteiger partial charge is 0.194 e. The molecule has 172 valence electrons. The van der Waals surface area contributed by atoms with Crippen LogP contribution in [0, 0.1) is 5.82 Å². The Bertz CT molecular complexity index is 638. The lowest BCUT2D eigenvalue weighted by atomic mass is 10.1. The van der Waals surface area contributed by atoms with E-state index >= 15 is 0 Å². The lowest BCUT2D eigenvalue weighted by Crippen LogP contribution is -2.47. The Morgan fingerprint density at radius 3 is 2.63 bits per heavy atom. The van der Waals surface area contributed by atoms with Crippen LogP contribution in [0.4, 0.5) is 4.39 Å². The minimum atomic E-state index is -0.161. The van der Waals surface area contributed by atoms with Gasteiger partial charge in [-0.1, -0.05) is 6.07 Å². The highest BCUT2D eigenvalue weighted by Gasteiger charge is 2.21. The van der Waals surface area contributed by atoms with Gasteiger partial charge in [0.15, 0.2) is 5.96 Å². The molecule has 6 nitrogen and oxygen atoms in total. The van der Waals surface area contributed by atoms with E-state index in [0.29, 0.717) is 24.8 Å². The van der Waals surface area contributed by atoms with Gasteiger partial charge in [0.1, 0.15) is 5.82 Å². The topological polar surface area (TPSA) is 49.3 Å². The third-order valence-corrected chi connectivity index (χ3v) is 4.93. The molecule has 30 heavy (non-hydrogen) atoms. The number of halogens is 2. The number of benzene rings is 1. The van der Waals surface area contributed by atoms with Crippen molar-refractivity contribution >= 4 is 29.9 Å². The third-order valence-electron chi connectivity index (χ3n) is 4.93. The number of hydrogen-bond acceptors (Lipinski definition) is 4. The number of hydrogen-bond donors (Lipinski definition) is 1. The molecule has 1 fully saturated rings. The number of ether oxygens (including phenoxy) is 2. The fourth-order valence-corrected chi connectivity index (χ4v) is 3.47. The van der Waals surface area contributed by atoms with Crippen LogP contribution < -0.4 is 5.32 Å². The second-order valence-corrected chi connectivity index (χ2v) is 7.74. The molecular formula is C22H38FIN4O2. The molecule has 1 aromatic rings. The van der Waals surface area contributed by atoms with Gasteiger partial charge in [-0.3, -0.25) is 0 Å². The van der Waals surface area contributed by atoms with Crippen molar-refractivity contribution in [2.24, 2.45) is 4.99 Å². The predicted octanol–water partition coefficient (Wildman–Crippen LogP) is 3.49. The first-order valence-electron chi connectivity index (χ1n) is 10.6. The van der Waals surface area contributed by atoms with Crippen molar-refractivity contribution in [1.82, 2.24) is 15.1 Å². The Balaban J connectivity index is 0.00000450. The van der Waals surface area contributed by atoms with Crippen molar-refractivity contribution in [1.29, 1.82) is 0 Å². The summed E-state index contributed by atoms with van der Waals surface area (Å²) < 4.78 is 25.0. The van der Waals surface area contributed by atoms with E-state index in [9.17, 15) is 4.39 Å². The summed E-state index contributed by atoms with van der Waals surface area (Å²) in [7, 11) is 5.60. The molecule has 1 aliphatic rings. The van der Waals surface area contributed by atoms with Crippen molar-refractivity contribution in [3.05, 3.63) is 35.1 Å². The summed E-state index contributed by atoms with van der Waals surface area (Å²) in [5.74, 6) is 0.759. The summed E-state index contributed by atoms with van der Waals surface area (Å²) in [6, 6.07) is 5.28. The van der Waals surface area contributed by atoms with Gasteiger partial charge in [-0.05, 0) is 58.0 Å². The van der Waals surface area contributed by atoms with E-state index in [1.807, 2.05) is 31.1 Å². The van der Waals surface area contributed by atoms with Gasteiger partial charge in [-0.25, -0.2) is 9.38 Å². The second kappa shape index (κ2) is 14.9. The van der Waals surface area contributed by atoms with Crippen molar-refractivity contribution in [2.75, 3.05) is 54.1 Å². The van der Waals surface area contributed by atoms with Gasteiger partial charge in [0.05, 0.1) is 12.6 Å². The Morgan fingerprint density at radius 1 is 1.27 bits per heavy atom. The summed E-state index contributed by atoms with van der Waals surface area (Å²) >= 11 is 0. The van der Waals surface area contributed by atoms with E-state index in [1.54, 1.807) is 13.2 Å². The molecule has 0 atom stereocenters. The van der Waals surface area contributed by atoms with Crippen LogP contribution in [0.2, 0.25) is 0 Å². The first-order chi connectivity index (χ1) is 14.0. The lowest BCUT2D eigenvalue weighted by Gasteiger charge is -2.34. The molecule has 1 saturated heterocycles. The number of nitrogens with one attached hydrogen (secondary N) is 1. The van der Waals surface area contributed by atoms with Crippen LogP contribution in [0.1, 0.15) is 37.3 Å². The monoisotopic (exact) mass is 536 g/mol. The molecule has 0 unspecified atom stereocenters. The third kappa shape index (κ3) is 9.45. The molecule has 0 aromatic heterocycles. The molecular weight excluding hydrogens is 498 g/mol. The van der Waals surface area contributed by atoms with Crippen molar-refractivity contribution in [2.45, 2.75) is 45.4 Å². The van der Waals surface area contributed by atoms with Crippen LogP contribution in [0.5, 0.6) is 0 Å². The average Bonchev–Trinajstić information content (AvgIpc) is 2.71. The van der Waals surface area contributed by atoms with Crippen molar-refractivity contribution in [3.63, 3.8) is 0 Å². The van der Waals surface area contributed by atoms with Crippen LogP contribution in [0.3, 0.4) is 0 Å². The molecule has 0 bridgehead atoms. The molecule has 8 heteroatoms. The quantitative estimate of drug-likeness (QED) is 0.215. The van der Waals surface area contributed by atoms with Gasteiger partial charge in [0, 0.05) is 52.1 Å². The summed E-state index contributed by atoms with van der Waals surface area (Å²) in [5.41, 5.74) is 1.73. The fourth-order valence-electron chi connectivity index (χ4n) is 3.47. The summed E-state index contributed by atoms with van der Waals surface area (Å²) in [6.45, 7) is 7.38. The number of likely N-dealkylation sites (tertiary alicyclic amines) is 1. The van der Waals surface area contributed by atoms with Crippen LogP contribution >= 0.6 is 24.0 Å². The summed E-state index contributed by atoms with van der Waals surface area (Å²) in [5, 5.41) is 3.39. The Labute approximate surface area is 198 Å². The second-order valence-electron chi connectivity index (χ2n) is 7.74. The van der Waals surface area contributed by atoms with E-state index in [-0.39, 0.29) is 29.8 Å². The maximum absolute atomic E-state index is 14.0. The van der Waals surface area contributed by atoms with E-state index in [1.165, 1.54) is 0 Å². The SMILES string of the molecule is CCNC(=NCc1ccc(F)c(CN(C)C)c1)N1CCC(OCCCOC)CC1.I. The van der Waals surface area contributed by atoms with Crippen LogP contribution in [0.15, 0.2) is 23.2 Å². The van der Waals surface area contributed by atoms with E-state index in [4.69, 9.17) is 14.5 Å². The highest BCUT2D eigenvalue weighted by molar-refractivity contribution is 14.0. The van der Waals surface area contributed by atoms with Crippen LogP contribution in [-0.4, -0.2) is 75.9 Å². The normalized spacial score (nSPS) is 15.4. The number of piperidine rings is 1. The number of aliphatic imine (C=N–C) groups is 1. The molecule has 0 radical (unpaired) electrons. The van der Waals surface area contributed by atoms with E-state index < -0.39 is 0 Å². The van der Waals surface area contributed by atoms with Gasteiger partial charge in [0.25, 0.3) is 0 Å². The standard InChI is InChI=1S/C22H37FN4O2.HI/c1-5-24-22(27-11-9-20(10-12-27)29-14-6-13-28-4)25-16-18-7-8-21(23)19(15-18)17-26(2)3;/h7-8,15,20H,5-6,9-14,16-17H2,1-4H3,(H,24,25);1H. The number of methoxy groups -OCH3 is 1. The van der Waals surface area contributed by atoms with E-state index in [0.717, 1.165) is 63.6 Å². The molecule has 0 amide bonds. The molecule has 1 aliphatic heterocycles. The maximum Gasteiger partial charge on any atom is 0.194 e. The highest BCUT2D eigenvalue weighted by atomic mass is 127. The molecule has 2 rings (SSSR count). The molecule has 1 heterocycles. The lowest BCUT2D eigenvalue weighted by molar-refractivity contribution is 0.00990. The number of rotatable bonds is 10. The first-order valence-corrected chi connectivity index (χ1v) is 10.6. The van der Waals surface area contributed by atoms with Gasteiger partial charge < -0.3 is 24.6 Å². The molecule has 1 aromatic carbocycles. The fraction of sp³-hybridized carbons (Fsp3) is 0.682. The Kier molecular flexibility index (Phi) is 13.5. The van der Waals surface area contributed by atoms with Crippen LogP contribution in [0.25, 0.3) is 0 Å². The number of guanidine groups is 1. The Morgan fingerprint density at radius 2 is 2.00 bits per heavy atom. The molecule has 0 saturated carbocycles. The average molecular weight is 536 g/mol. The zero-order valence-corrected chi connectivity index (χ0v) is 21.2. The minimum Gasteiger partial charge on any atom is -0.385 e. The zero-order chi connectivity index (χ0) is 21.1. The number of nitrogens with zero attached hydrogens (tertiary/aromatic N) is 3. The van der Waals surface area contributed by atoms with Gasteiger partial charge in [-0.15, -0.1) is 24.0 Å². The molecule has 0 aliphatic carbocycles. The van der Waals surface area contributed by atoms with E-state index in [2.05, 4.69) is 17.1 Å². The van der Waals surface area contributed by atoms with Crippen molar-refractivity contribution in [3.8, 4) is 0 Å². The largest absolute Gasteiger partial charge is 0.385 e. The predicted molar refractivity (Wildman–Crippen MR) is 131 cm³/mol.